The van der Waals surface area contributed by atoms with Crippen LogP contribution < -0.4 is 10.9 Å². The highest BCUT2D eigenvalue weighted by atomic mass is 32.1. The number of hydrogen-bond acceptors (Lipinski definition) is 6. The third-order valence-electron chi connectivity index (χ3n) is 5.96. The minimum absolute atomic E-state index is 0.173. The molecular weight excluding hydrogens is 400 g/mol. The Hall–Kier alpha value is -2.78. The number of hydrogen-bond donors (Lipinski definition) is 1. The molecule has 5 heterocycles. The largest absolute Gasteiger partial charge is 0.347 e. The Morgan fingerprint density at radius 2 is 2.17 bits per heavy atom. The molecule has 2 bridgehead atoms. The van der Waals surface area contributed by atoms with Gasteiger partial charge in [0.2, 0.25) is 0 Å². The zero-order valence-electron chi connectivity index (χ0n) is 16.8. The molecule has 0 aromatic carbocycles. The fraction of sp³-hybridized carbons (Fsp3) is 0.429. The molecule has 8 nitrogen and oxygen atoms in total. The quantitative estimate of drug-likeness (QED) is 0.672. The second-order valence-corrected chi connectivity index (χ2v) is 9.26. The highest BCUT2D eigenvalue weighted by molar-refractivity contribution is 7.09. The highest BCUT2D eigenvalue weighted by Gasteiger charge is 2.35. The van der Waals surface area contributed by atoms with E-state index in [9.17, 15) is 9.59 Å². The van der Waals surface area contributed by atoms with Crippen LogP contribution in [0.15, 0.2) is 40.6 Å². The van der Waals surface area contributed by atoms with Crippen molar-refractivity contribution in [2.45, 2.75) is 32.0 Å². The Morgan fingerprint density at radius 3 is 2.93 bits per heavy atom. The molecule has 0 unspecified atom stereocenters. The molecule has 2 aliphatic rings. The van der Waals surface area contributed by atoms with Crippen LogP contribution in [0.2, 0.25) is 0 Å². The van der Waals surface area contributed by atoms with Gasteiger partial charge in [0.25, 0.3) is 11.5 Å². The number of likely N-dealkylation sites (tertiary alicyclic amines) is 1. The highest BCUT2D eigenvalue weighted by Crippen LogP contribution is 2.35. The molecular formula is C21H24N6O2S. The molecule has 0 radical (unpaired) electrons. The third-order valence-corrected chi connectivity index (χ3v) is 6.84. The molecule has 1 amide bonds. The fourth-order valence-corrected chi connectivity index (χ4v) is 5.36. The zero-order chi connectivity index (χ0) is 20.7. The van der Waals surface area contributed by atoms with Crippen molar-refractivity contribution >= 4 is 17.2 Å². The predicted octanol–water partition coefficient (Wildman–Crippen LogP) is 1.59. The molecule has 0 aliphatic carbocycles. The van der Waals surface area contributed by atoms with Gasteiger partial charge in [-0.2, -0.15) is 0 Å². The standard InChI is InChI=1S/C21H24N6O2S/c1-25-12-16(23-24-25)13-26-9-14-7-15(11-26)19-5-4-18(21(29)27(19)10-14)20(28)22-8-17-3-2-6-30-17/h2-6,12,14-15H,7-11,13H2,1H3,(H,22,28)/t14-,15+/m0/s1. The van der Waals surface area contributed by atoms with Gasteiger partial charge in [0.05, 0.1) is 12.2 Å². The van der Waals surface area contributed by atoms with Crippen LogP contribution in [0.5, 0.6) is 0 Å². The summed E-state index contributed by atoms with van der Waals surface area (Å²) in [6.07, 6.45) is 3.03. The maximum Gasteiger partial charge on any atom is 0.263 e. The van der Waals surface area contributed by atoms with Gasteiger partial charge < -0.3 is 9.88 Å². The van der Waals surface area contributed by atoms with Crippen molar-refractivity contribution in [2.24, 2.45) is 13.0 Å². The molecule has 1 saturated heterocycles. The van der Waals surface area contributed by atoms with Gasteiger partial charge in [0, 0.05) is 55.9 Å². The van der Waals surface area contributed by atoms with Crippen molar-refractivity contribution in [1.29, 1.82) is 0 Å². The molecule has 2 atom stereocenters. The summed E-state index contributed by atoms with van der Waals surface area (Å²) in [7, 11) is 1.87. The Kier molecular flexibility index (Phi) is 5.00. The summed E-state index contributed by atoms with van der Waals surface area (Å²) >= 11 is 1.59. The van der Waals surface area contributed by atoms with Crippen molar-refractivity contribution < 1.29 is 4.79 Å². The van der Waals surface area contributed by atoms with E-state index in [0.717, 1.165) is 42.3 Å². The first-order valence-corrected chi connectivity index (χ1v) is 11.1. The van der Waals surface area contributed by atoms with Gasteiger partial charge in [-0.3, -0.25) is 19.2 Å². The number of amides is 1. The molecule has 2 aliphatic heterocycles. The number of aryl methyl sites for hydroxylation is 1. The van der Waals surface area contributed by atoms with Crippen molar-refractivity contribution in [3.63, 3.8) is 0 Å². The van der Waals surface area contributed by atoms with Crippen LogP contribution in [0.25, 0.3) is 0 Å². The number of carbonyl (C=O) groups is 1. The minimum atomic E-state index is -0.302. The lowest BCUT2D eigenvalue weighted by molar-refractivity contribution is 0.0944. The minimum Gasteiger partial charge on any atom is -0.347 e. The monoisotopic (exact) mass is 424 g/mol. The second-order valence-electron chi connectivity index (χ2n) is 8.23. The maximum absolute atomic E-state index is 13.1. The maximum atomic E-state index is 13.1. The Bertz CT molecular complexity index is 1120. The van der Waals surface area contributed by atoms with Gasteiger partial charge in [-0.15, -0.1) is 16.4 Å². The van der Waals surface area contributed by atoms with Crippen LogP contribution in [0.1, 0.15) is 39.0 Å². The molecule has 3 aromatic heterocycles. The number of nitrogens with zero attached hydrogens (tertiary/aromatic N) is 5. The topological polar surface area (TPSA) is 85.0 Å². The third kappa shape index (κ3) is 3.70. The van der Waals surface area contributed by atoms with Crippen molar-refractivity contribution in [2.75, 3.05) is 13.1 Å². The van der Waals surface area contributed by atoms with Crippen molar-refractivity contribution in [3.8, 4) is 0 Å². The van der Waals surface area contributed by atoms with E-state index >= 15 is 0 Å². The molecule has 0 saturated carbocycles. The molecule has 9 heteroatoms. The molecule has 3 aromatic rings. The van der Waals surface area contributed by atoms with E-state index in [0.29, 0.717) is 24.9 Å². The number of thiophene rings is 1. The van der Waals surface area contributed by atoms with E-state index < -0.39 is 0 Å². The number of piperidine rings is 1. The summed E-state index contributed by atoms with van der Waals surface area (Å²) in [4.78, 5) is 29.2. The number of fused-ring (bicyclic) bond motifs is 4. The molecule has 30 heavy (non-hydrogen) atoms. The average molecular weight is 425 g/mol. The second kappa shape index (κ2) is 7.81. The number of aromatic nitrogens is 4. The van der Waals surface area contributed by atoms with E-state index in [2.05, 4.69) is 20.5 Å². The van der Waals surface area contributed by atoms with Crippen LogP contribution in [0.4, 0.5) is 0 Å². The normalized spacial score (nSPS) is 20.7. The lowest BCUT2D eigenvalue weighted by Gasteiger charge is -2.42. The van der Waals surface area contributed by atoms with Gasteiger partial charge in [-0.1, -0.05) is 11.3 Å². The van der Waals surface area contributed by atoms with Crippen molar-refractivity contribution in [1.82, 2.24) is 29.8 Å². The molecule has 1 fully saturated rings. The lowest BCUT2D eigenvalue weighted by atomic mass is 9.83. The molecule has 0 spiro atoms. The van der Waals surface area contributed by atoms with E-state index in [-0.39, 0.29) is 17.0 Å². The van der Waals surface area contributed by atoms with Crippen molar-refractivity contribution in [3.05, 3.63) is 68.0 Å². The van der Waals surface area contributed by atoms with Crippen LogP contribution in [0.3, 0.4) is 0 Å². The van der Waals surface area contributed by atoms with E-state index in [1.54, 1.807) is 22.1 Å². The number of pyridine rings is 1. The lowest BCUT2D eigenvalue weighted by Crippen LogP contribution is -2.47. The SMILES string of the molecule is Cn1cc(CN2C[C@@H]3C[C@H](C2)c2ccc(C(=O)NCc4cccs4)c(=O)n2C3)nn1. The first-order chi connectivity index (χ1) is 14.6. The summed E-state index contributed by atoms with van der Waals surface area (Å²) in [5.74, 6) is 0.392. The predicted molar refractivity (Wildman–Crippen MR) is 113 cm³/mol. The Morgan fingerprint density at radius 1 is 1.27 bits per heavy atom. The van der Waals surface area contributed by atoms with Crippen LogP contribution in [-0.4, -0.2) is 43.5 Å². The summed E-state index contributed by atoms with van der Waals surface area (Å²) in [5, 5.41) is 13.1. The van der Waals surface area contributed by atoms with Gasteiger partial charge >= 0.3 is 0 Å². The average Bonchev–Trinajstić information content (AvgIpc) is 3.38. The molecule has 156 valence electrons. The first kappa shape index (κ1) is 19.2. The van der Waals surface area contributed by atoms with Gasteiger partial charge in [-0.05, 0) is 35.9 Å². The van der Waals surface area contributed by atoms with Crippen LogP contribution in [0, 0.1) is 5.92 Å². The Balaban J connectivity index is 1.33. The summed E-state index contributed by atoms with van der Waals surface area (Å²) in [5.41, 5.74) is 2.06. The van der Waals surface area contributed by atoms with Crippen LogP contribution in [-0.2, 0) is 26.7 Å². The van der Waals surface area contributed by atoms with Gasteiger partial charge in [0.1, 0.15) is 5.56 Å². The van der Waals surface area contributed by atoms with E-state index in [4.69, 9.17) is 0 Å². The first-order valence-electron chi connectivity index (χ1n) is 10.2. The summed E-state index contributed by atoms with van der Waals surface area (Å²) < 4.78 is 3.55. The zero-order valence-corrected chi connectivity index (χ0v) is 17.6. The molecule has 5 rings (SSSR count). The summed E-state index contributed by atoms with van der Waals surface area (Å²) in [6.45, 7) is 3.69. The van der Waals surface area contributed by atoms with E-state index in [1.165, 1.54) is 0 Å². The van der Waals surface area contributed by atoms with Gasteiger partial charge in [0.15, 0.2) is 0 Å². The number of carbonyl (C=O) groups excluding carboxylic acids is 1. The Labute approximate surface area is 178 Å². The van der Waals surface area contributed by atoms with Gasteiger partial charge in [-0.25, -0.2) is 0 Å². The van der Waals surface area contributed by atoms with E-state index in [1.807, 2.05) is 41.4 Å². The number of nitrogens with one attached hydrogen (secondary N) is 1. The fourth-order valence-electron chi connectivity index (χ4n) is 4.72. The smallest absolute Gasteiger partial charge is 0.263 e. The molecule has 1 N–H and O–H groups in total. The number of rotatable bonds is 5. The summed E-state index contributed by atoms with van der Waals surface area (Å²) in [6, 6.07) is 7.58. The van der Waals surface area contributed by atoms with Crippen LogP contribution >= 0.6 is 11.3 Å².